The second-order valence-electron chi connectivity index (χ2n) is 5.95. The van der Waals surface area contributed by atoms with Gasteiger partial charge in [0.05, 0.1) is 31.6 Å². The molecule has 0 bridgehead atoms. The third-order valence-electron chi connectivity index (χ3n) is 4.84. The van der Waals surface area contributed by atoms with Gasteiger partial charge in [-0.05, 0) is 38.5 Å². The van der Waals surface area contributed by atoms with Crippen LogP contribution in [0.2, 0.25) is 0 Å². The normalized spacial score (nSPS) is 11.6. The average molecular weight is 315 g/mol. The van der Waals surface area contributed by atoms with E-state index in [1.165, 1.54) is 0 Å². The Morgan fingerprint density at radius 3 is 2.52 bits per heavy atom. The standard InChI is InChI=1S/C19H27N2O2/c1-4-21(5-2,6-3)11-12-23-19(22)14-16-13-17-9-7-8-10-18(17)20-15-16/h7-10,13,15H,4-6,11-12,14H2,1-3H3/q+1. The van der Waals surface area contributed by atoms with E-state index in [2.05, 4.69) is 25.8 Å². The molecule has 4 heteroatoms. The smallest absolute Gasteiger partial charge is 0.310 e. The molecule has 0 aliphatic carbocycles. The highest BCUT2D eigenvalue weighted by atomic mass is 16.5. The van der Waals surface area contributed by atoms with Gasteiger partial charge >= 0.3 is 5.97 Å². The number of benzene rings is 1. The second-order valence-corrected chi connectivity index (χ2v) is 5.95. The number of hydrogen-bond acceptors (Lipinski definition) is 3. The largest absolute Gasteiger partial charge is 0.459 e. The number of quaternary nitrogens is 1. The zero-order valence-corrected chi connectivity index (χ0v) is 14.4. The first-order valence-corrected chi connectivity index (χ1v) is 8.47. The van der Waals surface area contributed by atoms with Crippen molar-refractivity contribution in [2.75, 3.05) is 32.8 Å². The molecule has 0 aliphatic rings. The van der Waals surface area contributed by atoms with Crippen LogP contribution in [0.25, 0.3) is 10.9 Å². The van der Waals surface area contributed by atoms with Gasteiger partial charge in [-0.2, -0.15) is 0 Å². The number of nitrogens with zero attached hydrogens (tertiary/aromatic N) is 2. The number of fused-ring (bicyclic) bond motifs is 1. The van der Waals surface area contributed by atoms with Crippen molar-refractivity contribution in [3.63, 3.8) is 0 Å². The summed E-state index contributed by atoms with van der Waals surface area (Å²) in [7, 11) is 0. The molecule has 0 atom stereocenters. The van der Waals surface area contributed by atoms with Crippen LogP contribution in [0.5, 0.6) is 0 Å². The summed E-state index contributed by atoms with van der Waals surface area (Å²) in [5.41, 5.74) is 1.84. The fraction of sp³-hybridized carbons (Fsp3) is 0.474. The van der Waals surface area contributed by atoms with Crippen LogP contribution >= 0.6 is 0 Å². The molecule has 0 saturated carbocycles. The van der Waals surface area contributed by atoms with E-state index in [1.54, 1.807) is 6.20 Å². The number of pyridine rings is 1. The lowest BCUT2D eigenvalue weighted by Crippen LogP contribution is -2.49. The van der Waals surface area contributed by atoms with Gasteiger partial charge in [0.2, 0.25) is 0 Å². The predicted octanol–water partition coefficient (Wildman–Crippen LogP) is 3.20. The van der Waals surface area contributed by atoms with Gasteiger partial charge in [0.15, 0.2) is 0 Å². The van der Waals surface area contributed by atoms with Crippen LogP contribution in [-0.4, -0.2) is 48.2 Å². The van der Waals surface area contributed by atoms with E-state index < -0.39 is 0 Å². The van der Waals surface area contributed by atoms with Gasteiger partial charge in [0, 0.05) is 11.6 Å². The van der Waals surface area contributed by atoms with Gasteiger partial charge < -0.3 is 9.22 Å². The molecule has 2 rings (SSSR count). The third kappa shape index (κ3) is 4.52. The molecule has 0 unspecified atom stereocenters. The number of hydrogen-bond donors (Lipinski definition) is 0. The molecule has 0 fully saturated rings. The summed E-state index contributed by atoms with van der Waals surface area (Å²) in [5, 5.41) is 1.05. The number of likely N-dealkylation sites (N-methyl/N-ethyl adjacent to an activating group) is 1. The fourth-order valence-electron chi connectivity index (χ4n) is 2.93. The second kappa shape index (κ2) is 8.06. The zero-order chi connectivity index (χ0) is 16.7. The third-order valence-corrected chi connectivity index (χ3v) is 4.84. The molecule has 1 aromatic carbocycles. The molecule has 0 amide bonds. The van der Waals surface area contributed by atoms with E-state index in [9.17, 15) is 4.79 Å². The van der Waals surface area contributed by atoms with Gasteiger partial charge in [0.1, 0.15) is 13.2 Å². The van der Waals surface area contributed by atoms with Gasteiger partial charge in [-0.1, -0.05) is 18.2 Å². The molecule has 1 heterocycles. The van der Waals surface area contributed by atoms with Crippen LogP contribution in [0.3, 0.4) is 0 Å². The van der Waals surface area contributed by atoms with Crippen molar-refractivity contribution in [3.05, 3.63) is 42.1 Å². The summed E-state index contributed by atoms with van der Waals surface area (Å²) >= 11 is 0. The van der Waals surface area contributed by atoms with Crippen LogP contribution in [-0.2, 0) is 16.0 Å². The molecule has 0 N–H and O–H groups in total. The molecule has 4 nitrogen and oxygen atoms in total. The Morgan fingerprint density at radius 1 is 1.13 bits per heavy atom. The van der Waals surface area contributed by atoms with Gasteiger partial charge in [-0.25, -0.2) is 0 Å². The van der Waals surface area contributed by atoms with Crippen molar-refractivity contribution in [1.29, 1.82) is 0 Å². The quantitative estimate of drug-likeness (QED) is 0.555. The number of carbonyl (C=O) groups excluding carboxylic acids is 1. The minimum Gasteiger partial charge on any atom is -0.459 e. The molecule has 124 valence electrons. The number of esters is 1. The summed E-state index contributed by atoms with van der Waals surface area (Å²) in [6.45, 7) is 11.1. The molecule has 23 heavy (non-hydrogen) atoms. The summed E-state index contributed by atoms with van der Waals surface area (Å²) < 4.78 is 6.43. The molecule has 2 aromatic rings. The first-order chi connectivity index (χ1) is 11.1. The molecule has 0 aliphatic heterocycles. The lowest BCUT2D eigenvalue weighted by Gasteiger charge is -2.35. The molecule has 1 aromatic heterocycles. The van der Waals surface area contributed by atoms with Crippen molar-refractivity contribution in [3.8, 4) is 0 Å². The minimum atomic E-state index is -0.177. The summed E-state index contributed by atoms with van der Waals surface area (Å²) in [5.74, 6) is -0.177. The van der Waals surface area contributed by atoms with Crippen LogP contribution in [0, 0.1) is 0 Å². The van der Waals surface area contributed by atoms with Crippen LogP contribution in [0.1, 0.15) is 26.3 Å². The monoisotopic (exact) mass is 315 g/mol. The number of ether oxygens (including phenoxy) is 1. The van der Waals surface area contributed by atoms with E-state index >= 15 is 0 Å². The molecular weight excluding hydrogens is 288 g/mol. The first-order valence-electron chi connectivity index (χ1n) is 8.47. The minimum absolute atomic E-state index is 0.177. The number of para-hydroxylation sites is 1. The maximum absolute atomic E-state index is 12.0. The average Bonchev–Trinajstić information content (AvgIpc) is 2.59. The van der Waals surface area contributed by atoms with Gasteiger partial charge in [-0.15, -0.1) is 0 Å². The number of aromatic nitrogens is 1. The molecule has 0 radical (unpaired) electrons. The van der Waals surface area contributed by atoms with E-state index in [-0.39, 0.29) is 12.4 Å². The van der Waals surface area contributed by atoms with E-state index in [0.29, 0.717) is 6.61 Å². The van der Waals surface area contributed by atoms with Crippen molar-refractivity contribution < 1.29 is 14.0 Å². The lowest BCUT2D eigenvalue weighted by molar-refractivity contribution is -0.923. The highest BCUT2D eigenvalue weighted by molar-refractivity contribution is 5.80. The molecule has 0 saturated heterocycles. The van der Waals surface area contributed by atoms with E-state index in [4.69, 9.17) is 4.74 Å². The van der Waals surface area contributed by atoms with E-state index in [0.717, 1.165) is 47.1 Å². The zero-order valence-electron chi connectivity index (χ0n) is 14.4. The highest BCUT2D eigenvalue weighted by Crippen LogP contribution is 2.13. The summed E-state index contributed by atoms with van der Waals surface area (Å²) in [6.07, 6.45) is 2.04. The van der Waals surface area contributed by atoms with E-state index in [1.807, 2.05) is 30.3 Å². The maximum atomic E-state index is 12.0. The van der Waals surface area contributed by atoms with Crippen molar-refractivity contribution in [1.82, 2.24) is 4.98 Å². The van der Waals surface area contributed by atoms with Crippen molar-refractivity contribution >= 4 is 16.9 Å². The van der Waals surface area contributed by atoms with Crippen molar-refractivity contribution in [2.45, 2.75) is 27.2 Å². The molecular formula is C19H27N2O2+. The number of rotatable bonds is 8. The first kappa shape index (κ1) is 17.4. The lowest BCUT2D eigenvalue weighted by atomic mass is 10.1. The van der Waals surface area contributed by atoms with Crippen molar-refractivity contribution in [2.24, 2.45) is 0 Å². The summed E-state index contributed by atoms with van der Waals surface area (Å²) in [6, 6.07) is 9.92. The Kier molecular flexibility index (Phi) is 6.11. The SMILES string of the molecule is CC[N+](CC)(CC)CCOC(=O)Cc1cnc2ccccc2c1. The Hall–Kier alpha value is -1.94. The fourth-order valence-corrected chi connectivity index (χ4v) is 2.93. The van der Waals surface area contributed by atoms with Gasteiger partial charge in [-0.3, -0.25) is 9.78 Å². The topological polar surface area (TPSA) is 39.2 Å². The number of carbonyl (C=O) groups is 1. The van der Waals surface area contributed by atoms with Crippen LogP contribution < -0.4 is 0 Å². The maximum Gasteiger partial charge on any atom is 0.310 e. The molecule has 0 spiro atoms. The Bertz CT molecular complexity index is 642. The predicted molar refractivity (Wildman–Crippen MR) is 93.2 cm³/mol. The van der Waals surface area contributed by atoms with Crippen LogP contribution in [0.4, 0.5) is 0 Å². The Morgan fingerprint density at radius 2 is 1.83 bits per heavy atom. The highest BCUT2D eigenvalue weighted by Gasteiger charge is 2.21. The Balaban J connectivity index is 1.88. The Labute approximate surface area is 138 Å². The van der Waals surface area contributed by atoms with Gasteiger partial charge in [0.25, 0.3) is 0 Å². The summed E-state index contributed by atoms with van der Waals surface area (Å²) in [4.78, 5) is 16.4. The van der Waals surface area contributed by atoms with Crippen LogP contribution in [0.15, 0.2) is 36.5 Å².